The van der Waals surface area contributed by atoms with Gasteiger partial charge in [0.1, 0.15) is 5.71 Å². The van der Waals surface area contributed by atoms with Gasteiger partial charge in [-0.05, 0) is 59.0 Å². The van der Waals surface area contributed by atoms with Crippen molar-refractivity contribution in [3.05, 3.63) is 57.2 Å². The summed E-state index contributed by atoms with van der Waals surface area (Å²) in [6, 6.07) is 11.8. The number of carbonyl (C=O) groups is 2. The Morgan fingerprint density at radius 2 is 2.00 bits per heavy atom. The Hall–Kier alpha value is -2.22. The van der Waals surface area contributed by atoms with Gasteiger partial charge in [0, 0.05) is 9.13 Å². The quantitative estimate of drug-likeness (QED) is 0.772. The lowest BCUT2D eigenvalue weighted by atomic mass is 10.1. The van der Waals surface area contributed by atoms with E-state index in [1.165, 1.54) is 12.1 Å². The van der Waals surface area contributed by atoms with Crippen molar-refractivity contribution in [1.82, 2.24) is 0 Å². The predicted molar refractivity (Wildman–Crippen MR) is 87.4 cm³/mol. The molecule has 1 aliphatic rings. The molecule has 104 valence electrons. The van der Waals surface area contributed by atoms with Gasteiger partial charge in [0.05, 0.1) is 16.9 Å². The van der Waals surface area contributed by atoms with Crippen LogP contribution in [0.1, 0.15) is 15.9 Å². The molecule has 0 fully saturated rings. The van der Waals surface area contributed by atoms with E-state index in [4.69, 9.17) is 5.11 Å². The molecule has 2 N–H and O–H groups in total. The molecule has 0 unspecified atom stereocenters. The molecule has 21 heavy (non-hydrogen) atoms. The van der Waals surface area contributed by atoms with Gasteiger partial charge in [0.2, 0.25) is 0 Å². The van der Waals surface area contributed by atoms with Gasteiger partial charge in [-0.3, -0.25) is 4.79 Å². The number of carbonyl (C=O) groups excluding carboxylic acids is 1. The molecule has 0 aliphatic carbocycles. The summed E-state index contributed by atoms with van der Waals surface area (Å²) < 4.78 is 0.995. The first kappa shape index (κ1) is 13.7. The van der Waals surface area contributed by atoms with E-state index < -0.39 is 5.97 Å². The second-order valence-corrected chi connectivity index (χ2v) is 5.71. The number of nitrogens with zero attached hydrogens (tertiary/aromatic N) is 1. The first-order chi connectivity index (χ1) is 10.0. The number of aromatic carboxylic acids is 1. The summed E-state index contributed by atoms with van der Waals surface area (Å²) in [7, 11) is 0. The van der Waals surface area contributed by atoms with E-state index in [9.17, 15) is 9.59 Å². The number of anilines is 1. The number of fused-ring (bicyclic) bond motifs is 1. The molecule has 2 aromatic carbocycles. The van der Waals surface area contributed by atoms with E-state index in [0.717, 1.165) is 9.13 Å². The molecule has 0 saturated heterocycles. The van der Waals surface area contributed by atoms with Crippen LogP contribution in [0.25, 0.3) is 0 Å². The molecule has 1 aliphatic heterocycles. The van der Waals surface area contributed by atoms with Crippen LogP contribution in [0.15, 0.2) is 47.5 Å². The monoisotopic (exact) mass is 392 g/mol. The largest absolute Gasteiger partial charge is 0.478 e. The zero-order chi connectivity index (χ0) is 15.0. The summed E-state index contributed by atoms with van der Waals surface area (Å²) in [6.45, 7) is 0. The number of carboxylic acids is 1. The third-order valence-electron chi connectivity index (χ3n) is 3.03. The van der Waals surface area contributed by atoms with Crippen molar-refractivity contribution in [3.63, 3.8) is 0 Å². The number of hydrogen-bond acceptors (Lipinski definition) is 3. The SMILES string of the molecule is O=C1Nc2ccc(I)cc2/C1=N/c1cccc(C(=O)O)c1. The molecule has 1 amide bonds. The van der Waals surface area contributed by atoms with Gasteiger partial charge >= 0.3 is 5.97 Å². The number of nitrogens with one attached hydrogen (secondary N) is 1. The molecule has 5 nitrogen and oxygen atoms in total. The molecule has 0 radical (unpaired) electrons. The molecule has 3 rings (SSSR count). The maximum atomic E-state index is 12.0. The third-order valence-corrected chi connectivity index (χ3v) is 3.71. The Bertz CT molecular complexity index is 799. The van der Waals surface area contributed by atoms with Gasteiger partial charge in [-0.25, -0.2) is 9.79 Å². The minimum Gasteiger partial charge on any atom is -0.478 e. The summed E-state index contributed by atoms with van der Waals surface area (Å²) in [4.78, 5) is 27.3. The second kappa shape index (κ2) is 5.28. The van der Waals surface area contributed by atoms with E-state index in [-0.39, 0.29) is 11.5 Å². The fraction of sp³-hybridized carbons (Fsp3) is 0. The van der Waals surface area contributed by atoms with E-state index in [1.54, 1.807) is 12.1 Å². The smallest absolute Gasteiger partial charge is 0.335 e. The van der Waals surface area contributed by atoms with Gasteiger partial charge in [-0.15, -0.1) is 0 Å². The average Bonchev–Trinajstić information content (AvgIpc) is 2.75. The molecule has 1 heterocycles. The van der Waals surface area contributed by atoms with Gasteiger partial charge in [0.25, 0.3) is 5.91 Å². The van der Waals surface area contributed by atoms with Crippen molar-refractivity contribution >= 4 is 51.6 Å². The van der Waals surface area contributed by atoms with Crippen LogP contribution >= 0.6 is 22.6 Å². The molecular weight excluding hydrogens is 383 g/mol. The number of halogens is 1. The number of aliphatic imine (C=N–C) groups is 1. The topological polar surface area (TPSA) is 78.8 Å². The lowest BCUT2D eigenvalue weighted by molar-refractivity contribution is -0.110. The molecule has 6 heteroatoms. The minimum atomic E-state index is -1.03. The normalized spacial score (nSPS) is 14.9. The van der Waals surface area contributed by atoms with Crippen molar-refractivity contribution in [1.29, 1.82) is 0 Å². The Kier molecular flexibility index (Phi) is 3.46. The second-order valence-electron chi connectivity index (χ2n) is 4.46. The molecule has 2 aromatic rings. The lowest BCUT2D eigenvalue weighted by Gasteiger charge is -2.00. The van der Waals surface area contributed by atoms with Crippen molar-refractivity contribution in [2.24, 2.45) is 4.99 Å². The molecule has 0 atom stereocenters. The highest BCUT2D eigenvalue weighted by molar-refractivity contribution is 14.1. The third kappa shape index (κ3) is 2.66. The predicted octanol–water partition coefficient (Wildman–Crippen LogP) is 3.06. The zero-order valence-corrected chi connectivity index (χ0v) is 12.8. The van der Waals surface area contributed by atoms with Crippen molar-refractivity contribution < 1.29 is 14.7 Å². The summed E-state index contributed by atoms with van der Waals surface area (Å²) in [5.74, 6) is -1.31. The zero-order valence-electron chi connectivity index (χ0n) is 10.6. The van der Waals surface area contributed by atoms with E-state index in [2.05, 4.69) is 32.9 Å². The fourth-order valence-electron chi connectivity index (χ4n) is 2.07. The Labute approximate surface area is 133 Å². The van der Waals surface area contributed by atoms with Crippen molar-refractivity contribution in [3.8, 4) is 0 Å². The van der Waals surface area contributed by atoms with Gasteiger partial charge in [-0.2, -0.15) is 0 Å². The summed E-state index contributed by atoms with van der Waals surface area (Å²) in [5, 5.41) is 11.7. The summed E-state index contributed by atoms with van der Waals surface area (Å²) in [5.41, 5.74) is 2.32. The number of rotatable bonds is 2. The number of benzene rings is 2. The van der Waals surface area contributed by atoms with Crippen LogP contribution < -0.4 is 5.32 Å². The first-order valence-corrected chi connectivity index (χ1v) is 7.16. The van der Waals surface area contributed by atoms with Crippen LogP contribution in [-0.4, -0.2) is 22.7 Å². The highest BCUT2D eigenvalue weighted by Crippen LogP contribution is 2.27. The number of hydrogen-bond donors (Lipinski definition) is 2. The first-order valence-electron chi connectivity index (χ1n) is 6.08. The standard InChI is InChI=1S/C15H9IN2O3/c16-9-4-5-12-11(7-9)13(14(19)18-12)17-10-3-1-2-8(6-10)15(20)21/h1-7H,(H,20,21)(H,17,18,19). The Morgan fingerprint density at radius 1 is 1.19 bits per heavy atom. The van der Waals surface area contributed by atoms with Crippen LogP contribution in [0.3, 0.4) is 0 Å². The lowest BCUT2D eigenvalue weighted by Crippen LogP contribution is -2.14. The molecule has 0 bridgehead atoms. The summed E-state index contributed by atoms with van der Waals surface area (Å²) >= 11 is 2.16. The number of amides is 1. The van der Waals surface area contributed by atoms with E-state index >= 15 is 0 Å². The molecule has 0 spiro atoms. The molecule has 0 saturated carbocycles. The Morgan fingerprint density at radius 3 is 2.76 bits per heavy atom. The van der Waals surface area contributed by atoms with Crippen molar-refractivity contribution in [2.75, 3.05) is 5.32 Å². The maximum Gasteiger partial charge on any atom is 0.335 e. The van der Waals surface area contributed by atoms with E-state index in [1.807, 2.05) is 18.2 Å². The number of carboxylic acid groups (broad SMARTS) is 1. The van der Waals surface area contributed by atoms with E-state index in [0.29, 0.717) is 17.1 Å². The van der Waals surface area contributed by atoms with Crippen LogP contribution in [0.4, 0.5) is 11.4 Å². The minimum absolute atomic E-state index is 0.137. The highest BCUT2D eigenvalue weighted by Gasteiger charge is 2.26. The van der Waals surface area contributed by atoms with Gasteiger partial charge in [0.15, 0.2) is 0 Å². The summed E-state index contributed by atoms with van der Waals surface area (Å²) in [6.07, 6.45) is 0. The van der Waals surface area contributed by atoms with Gasteiger partial charge < -0.3 is 10.4 Å². The Balaban J connectivity index is 2.08. The van der Waals surface area contributed by atoms with Crippen molar-refractivity contribution in [2.45, 2.75) is 0 Å². The average molecular weight is 392 g/mol. The maximum absolute atomic E-state index is 12.0. The van der Waals surface area contributed by atoms with Crippen LogP contribution in [0.2, 0.25) is 0 Å². The fourth-order valence-corrected chi connectivity index (χ4v) is 2.57. The van der Waals surface area contributed by atoms with Crippen LogP contribution in [0, 0.1) is 3.57 Å². The molecular formula is C15H9IN2O3. The van der Waals surface area contributed by atoms with Gasteiger partial charge in [-0.1, -0.05) is 6.07 Å². The highest BCUT2D eigenvalue weighted by atomic mass is 127. The van der Waals surface area contributed by atoms with Crippen LogP contribution in [-0.2, 0) is 4.79 Å². The van der Waals surface area contributed by atoms with Crippen LogP contribution in [0.5, 0.6) is 0 Å². The molecule has 0 aromatic heterocycles.